The Labute approximate surface area is 171 Å². The molecule has 1 heterocycles. The number of nitrogens with one attached hydrogen (secondary N) is 2. The molecule has 0 saturated carbocycles. The first kappa shape index (κ1) is 20.0. The van der Waals surface area contributed by atoms with Crippen LogP contribution < -0.4 is 10.6 Å². The number of benzene rings is 2. The molecule has 0 fully saturated rings. The molecule has 2 atom stereocenters. The minimum atomic E-state index is -0.263. The second kappa shape index (κ2) is 8.07. The van der Waals surface area contributed by atoms with E-state index < -0.39 is 0 Å². The lowest BCUT2D eigenvalue weighted by atomic mass is 9.91. The van der Waals surface area contributed by atoms with Gasteiger partial charge >= 0.3 is 0 Å². The largest absolute Gasteiger partial charge is 0.508 e. The Bertz CT molecular complexity index is 829. The number of phenolic OH excluding ortho intramolecular Hbond substituents is 1. The lowest BCUT2D eigenvalue weighted by molar-refractivity contribution is 0.238. The topological polar surface area (TPSA) is 44.3 Å². The monoisotopic (exact) mass is 428 g/mol. The van der Waals surface area contributed by atoms with E-state index in [1.54, 1.807) is 6.07 Å². The summed E-state index contributed by atoms with van der Waals surface area (Å²) in [5, 5.41) is 17.9. The van der Waals surface area contributed by atoms with E-state index in [0.717, 1.165) is 28.6 Å². The minimum Gasteiger partial charge on any atom is -0.508 e. The summed E-state index contributed by atoms with van der Waals surface area (Å²) >= 11 is 3.53. The van der Waals surface area contributed by atoms with E-state index in [4.69, 9.17) is 0 Å². The fourth-order valence-electron chi connectivity index (χ4n) is 3.88. The predicted octanol–water partition coefficient (Wildman–Crippen LogP) is 5.75. The van der Waals surface area contributed by atoms with Crippen molar-refractivity contribution in [1.29, 1.82) is 0 Å². The van der Waals surface area contributed by atoms with Crippen LogP contribution in [-0.2, 0) is 6.42 Å². The van der Waals surface area contributed by atoms with E-state index in [1.807, 2.05) is 12.1 Å². The first-order valence-electron chi connectivity index (χ1n) is 9.65. The van der Waals surface area contributed by atoms with Crippen LogP contribution in [0.15, 0.2) is 53.0 Å². The summed E-state index contributed by atoms with van der Waals surface area (Å²) in [6, 6.07) is 14.2. The van der Waals surface area contributed by atoms with Gasteiger partial charge in [-0.2, -0.15) is 0 Å². The zero-order valence-electron chi connectivity index (χ0n) is 16.5. The minimum absolute atomic E-state index is 0.0756. The molecular weight excluding hydrogens is 400 g/mol. The van der Waals surface area contributed by atoms with Gasteiger partial charge < -0.3 is 10.4 Å². The molecule has 27 heavy (non-hydrogen) atoms. The summed E-state index contributed by atoms with van der Waals surface area (Å²) in [5.74, 6) is 0.843. The van der Waals surface area contributed by atoms with Crippen LogP contribution in [0.25, 0.3) is 5.70 Å². The van der Waals surface area contributed by atoms with Crippen molar-refractivity contribution < 1.29 is 5.11 Å². The van der Waals surface area contributed by atoms with Gasteiger partial charge in [-0.25, -0.2) is 0 Å². The molecular formula is C23H29BrN2O. The Morgan fingerprint density at radius 2 is 1.85 bits per heavy atom. The van der Waals surface area contributed by atoms with Crippen molar-refractivity contribution in [3.8, 4) is 5.75 Å². The van der Waals surface area contributed by atoms with Gasteiger partial charge in [0.25, 0.3) is 0 Å². The van der Waals surface area contributed by atoms with Gasteiger partial charge in [0.15, 0.2) is 0 Å². The molecule has 1 aliphatic heterocycles. The first-order chi connectivity index (χ1) is 12.8. The highest BCUT2D eigenvalue weighted by molar-refractivity contribution is 9.10. The summed E-state index contributed by atoms with van der Waals surface area (Å²) in [5.41, 5.74) is 4.22. The highest BCUT2D eigenvalue weighted by Gasteiger charge is 2.33. The zero-order chi connectivity index (χ0) is 19.6. The number of aromatic hydroxyl groups is 1. The molecule has 2 aromatic rings. The van der Waals surface area contributed by atoms with Gasteiger partial charge in [-0.1, -0.05) is 61.0 Å². The number of phenols is 1. The maximum Gasteiger partial charge on any atom is 0.120 e. The van der Waals surface area contributed by atoms with Crippen molar-refractivity contribution in [2.45, 2.75) is 52.2 Å². The highest BCUT2D eigenvalue weighted by atomic mass is 79.9. The van der Waals surface area contributed by atoms with Gasteiger partial charge in [-0.15, -0.1) is 0 Å². The molecule has 0 aliphatic carbocycles. The van der Waals surface area contributed by atoms with E-state index in [2.05, 4.69) is 84.6 Å². The molecule has 3 nitrogen and oxygen atoms in total. The lowest BCUT2D eigenvalue weighted by Gasteiger charge is -2.42. The number of aryl methyl sites for hydroxylation is 1. The van der Waals surface area contributed by atoms with E-state index in [0.29, 0.717) is 11.7 Å². The van der Waals surface area contributed by atoms with Crippen LogP contribution in [0.2, 0.25) is 0 Å². The summed E-state index contributed by atoms with van der Waals surface area (Å²) < 4.78 is 0.962. The molecule has 0 bridgehead atoms. The van der Waals surface area contributed by atoms with E-state index in [9.17, 15) is 5.11 Å². The summed E-state index contributed by atoms with van der Waals surface area (Å²) in [7, 11) is 0. The normalized spacial score (nSPS) is 22.4. The molecule has 2 unspecified atom stereocenters. The summed E-state index contributed by atoms with van der Waals surface area (Å²) in [6.07, 6.45) is 4.18. The van der Waals surface area contributed by atoms with Crippen LogP contribution >= 0.6 is 15.9 Å². The van der Waals surface area contributed by atoms with Crippen LogP contribution in [0.1, 0.15) is 56.8 Å². The number of hydrogen-bond acceptors (Lipinski definition) is 3. The van der Waals surface area contributed by atoms with Crippen molar-refractivity contribution in [3.63, 3.8) is 0 Å². The van der Waals surface area contributed by atoms with Crippen molar-refractivity contribution in [3.05, 3.63) is 69.7 Å². The SMILES string of the molecule is CCc1ccc(C2=CC(c3cc(Br)ccc3O)NC(C)(CC(C)C)N2)cc1. The smallest absolute Gasteiger partial charge is 0.120 e. The fourth-order valence-corrected chi connectivity index (χ4v) is 4.26. The van der Waals surface area contributed by atoms with Gasteiger partial charge in [0.1, 0.15) is 5.75 Å². The molecule has 3 rings (SSSR count). The second-order valence-electron chi connectivity index (χ2n) is 8.01. The van der Waals surface area contributed by atoms with Gasteiger partial charge in [-0.3, -0.25) is 5.32 Å². The van der Waals surface area contributed by atoms with Crippen molar-refractivity contribution >= 4 is 21.6 Å². The molecule has 4 heteroatoms. The van der Waals surface area contributed by atoms with Crippen LogP contribution in [-0.4, -0.2) is 10.8 Å². The average Bonchev–Trinajstić information content (AvgIpc) is 2.62. The van der Waals surface area contributed by atoms with Gasteiger partial charge in [-0.05, 0) is 61.1 Å². The second-order valence-corrected chi connectivity index (χ2v) is 8.93. The molecule has 1 aliphatic rings. The van der Waals surface area contributed by atoms with E-state index in [1.165, 1.54) is 11.1 Å². The van der Waals surface area contributed by atoms with Crippen LogP contribution in [0.5, 0.6) is 5.75 Å². The third-order valence-electron chi connectivity index (χ3n) is 5.03. The lowest BCUT2D eigenvalue weighted by Crippen LogP contribution is -2.57. The van der Waals surface area contributed by atoms with Crippen molar-refractivity contribution in [1.82, 2.24) is 10.6 Å². The Hall–Kier alpha value is -1.78. The third-order valence-corrected chi connectivity index (χ3v) is 5.53. The maximum absolute atomic E-state index is 10.5. The van der Waals surface area contributed by atoms with Crippen LogP contribution in [0.3, 0.4) is 0 Å². The van der Waals surface area contributed by atoms with Crippen LogP contribution in [0.4, 0.5) is 0 Å². The van der Waals surface area contributed by atoms with Crippen LogP contribution in [0, 0.1) is 5.92 Å². The number of rotatable bonds is 5. The Balaban J connectivity index is 2.03. The Kier molecular flexibility index (Phi) is 5.97. The maximum atomic E-state index is 10.5. The molecule has 0 saturated heterocycles. The van der Waals surface area contributed by atoms with Gasteiger partial charge in [0, 0.05) is 15.7 Å². The molecule has 0 spiro atoms. The Morgan fingerprint density at radius 1 is 1.15 bits per heavy atom. The molecule has 144 valence electrons. The van der Waals surface area contributed by atoms with Gasteiger partial charge in [0.05, 0.1) is 11.7 Å². The predicted molar refractivity (Wildman–Crippen MR) is 116 cm³/mol. The summed E-state index contributed by atoms with van der Waals surface area (Å²) in [6.45, 7) is 8.83. The third kappa shape index (κ3) is 4.74. The molecule has 0 aromatic heterocycles. The molecule has 3 N–H and O–H groups in total. The summed E-state index contributed by atoms with van der Waals surface area (Å²) in [4.78, 5) is 0. The Morgan fingerprint density at radius 3 is 2.48 bits per heavy atom. The average molecular weight is 429 g/mol. The van der Waals surface area contributed by atoms with Gasteiger partial charge in [0.2, 0.25) is 0 Å². The standard InChI is InChI=1S/C23H29BrN2O/c1-5-16-6-8-17(9-7-16)20-13-21(19-12-18(24)10-11-22(19)27)26-23(4,25-20)14-15(2)3/h6-13,15,21,25-27H,5,14H2,1-4H3. The quantitative estimate of drug-likeness (QED) is 0.567. The van der Waals surface area contributed by atoms with Crippen molar-refractivity contribution in [2.75, 3.05) is 0 Å². The highest BCUT2D eigenvalue weighted by Crippen LogP contribution is 2.35. The molecule has 0 amide bonds. The first-order valence-corrected chi connectivity index (χ1v) is 10.4. The molecule has 0 radical (unpaired) electrons. The number of hydrogen-bond donors (Lipinski definition) is 3. The van der Waals surface area contributed by atoms with E-state index in [-0.39, 0.29) is 11.7 Å². The fraction of sp³-hybridized carbons (Fsp3) is 0.391. The van der Waals surface area contributed by atoms with Crippen molar-refractivity contribution in [2.24, 2.45) is 5.92 Å². The molecule has 2 aromatic carbocycles. The number of halogens is 1. The van der Waals surface area contributed by atoms with E-state index >= 15 is 0 Å². The zero-order valence-corrected chi connectivity index (χ0v) is 18.1.